The van der Waals surface area contributed by atoms with E-state index < -0.39 is 0 Å². The molecule has 0 radical (unpaired) electrons. The second-order valence-electron chi connectivity index (χ2n) is 5.58. The Morgan fingerprint density at radius 2 is 1.88 bits per heavy atom. The summed E-state index contributed by atoms with van der Waals surface area (Å²) in [5.41, 5.74) is 0.644. The monoisotopic (exact) mass is 378 g/mol. The number of benzene rings is 1. The topological polar surface area (TPSA) is 92.7 Å². The van der Waals surface area contributed by atoms with Gasteiger partial charge in [-0.3, -0.25) is 4.79 Å². The summed E-state index contributed by atoms with van der Waals surface area (Å²) in [5.74, 6) is 2.08. The number of hydrogen-bond donors (Lipinski definition) is 1. The summed E-state index contributed by atoms with van der Waals surface area (Å²) >= 11 is 6.13. The molecular weight excluding hydrogens is 360 g/mol. The molecule has 2 aromatic rings. The Kier molecular flexibility index (Phi) is 5.57. The Hall–Kier alpha value is -2.81. The average Bonchev–Trinajstić information content (AvgIpc) is 2.69. The van der Waals surface area contributed by atoms with Gasteiger partial charge in [0, 0.05) is 38.3 Å². The predicted molar refractivity (Wildman–Crippen MR) is 97.5 cm³/mol. The van der Waals surface area contributed by atoms with E-state index in [0.717, 1.165) is 6.41 Å². The van der Waals surface area contributed by atoms with Crippen LogP contribution in [-0.4, -0.2) is 66.9 Å². The summed E-state index contributed by atoms with van der Waals surface area (Å²) in [6.45, 7) is 2.57. The maximum absolute atomic E-state index is 10.8. The van der Waals surface area contributed by atoms with Crippen molar-refractivity contribution in [3.63, 3.8) is 0 Å². The van der Waals surface area contributed by atoms with Gasteiger partial charge in [0.1, 0.15) is 11.5 Å². The number of piperazine rings is 1. The first-order valence-corrected chi connectivity index (χ1v) is 8.35. The van der Waals surface area contributed by atoms with Crippen LogP contribution in [0.2, 0.25) is 5.02 Å². The number of ether oxygens (including phenoxy) is 2. The van der Waals surface area contributed by atoms with Crippen LogP contribution in [0.4, 0.5) is 17.5 Å². The van der Waals surface area contributed by atoms with Crippen molar-refractivity contribution in [1.29, 1.82) is 0 Å². The van der Waals surface area contributed by atoms with E-state index in [-0.39, 0.29) is 0 Å². The number of anilines is 3. The highest BCUT2D eigenvalue weighted by Crippen LogP contribution is 2.37. The standard InChI is InChI=1S/C16H19ClN6O3/c1-25-13-8-12(14(26-2)7-11(13)17)19-15-9-18-21-16(20-15)23-5-3-22(10-24)4-6-23/h7-10H,3-6H2,1-2H3,(H,19,20,21). The fourth-order valence-corrected chi connectivity index (χ4v) is 2.84. The summed E-state index contributed by atoms with van der Waals surface area (Å²) in [5, 5.41) is 11.7. The zero-order chi connectivity index (χ0) is 18.5. The lowest BCUT2D eigenvalue weighted by Crippen LogP contribution is -2.46. The molecule has 9 nitrogen and oxygen atoms in total. The molecule has 0 atom stereocenters. The fourth-order valence-electron chi connectivity index (χ4n) is 2.61. The molecule has 1 amide bonds. The van der Waals surface area contributed by atoms with Gasteiger partial charge in [-0.1, -0.05) is 11.6 Å². The Morgan fingerprint density at radius 1 is 1.15 bits per heavy atom. The fraction of sp³-hybridized carbons (Fsp3) is 0.375. The molecule has 0 unspecified atom stereocenters. The first kappa shape index (κ1) is 18.0. The van der Waals surface area contributed by atoms with E-state index in [9.17, 15) is 4.79 Å². The van der Waals surface area contributed by atoms with Crippen molar-refractivity contribution in [1.82, 2.24) is 20.1 Å². The van der Waals surface area contributed by atoms with Crippen molar-refractivity contribution in [2.75, 3.05) is 50.6 Å². The largest absolute Gasteiger partial charge is 0.495 e. The van der Waals surface area contributed by atoms with E-state index >= 15 is 0 Å². The van der Waals surface area contributed by atoms with Gasteiger partial charge in [-0.05, 0) is 0 Å². The van der Waals surface area contributed by atoms with Crippen LogP contribution >= 0.6 is 11.6 Å². The molecule has 26 heavy (non-hydrogen) atoms. The third-order valence-electron chi connectivity index (χ3n) is 4.03. The lowest BCUT2D eigenvalue weighted by atomic mass is 10.2. The molecule has 1 aliphatic heterocycles. The number of hydrogen-bond acceptors (Lipinski definition) is 8. The molecule has 1 aromatic heterocycles. The minimum atomic E-state index is 0.449. The first-order chi connectivity index (χ1) is 12.6. The molecule has 0 saturated carbocycles. The molecule has 0 bridgehead atoms. The lowest BCUT2D eigenvalue weighted by Gasteiger charge is -2.32. The van der Waals surface area contributed by atoms with E-state index in [1.54, 1.807) is 31.3 Å². The Balaban J connectivity index is 1.80. The molecule has 1 saturated heterocycles. The lowest BCUT2D eigenvalue weighted by molar-refractivity contribution is -0.118. The molecule has 138 valence electrons. The molecule has 0 aliphatic carbocycles. The van der Waals surface area contributed by atoms with Crippen molar-refractivity contribution >= 4 is 35.5 Å². The summed E-state index contributed by atoms with van der Waals surface area (Å²) in [6.07, 6.45) is 2.38. The number of carbonyl (C=O) groups is 1. The van der Waals surface area contributed by atoms with E-state index in [1.807, 2.05) is 4.90 Å². The molecule has 1 N–H and O–H groups in total. The highest BCUT2D eigenvalue weighted by molar-refractivity contribution is 6.32. The van der Waals surface area contributed by atoms with Crippen molar-refractivity contribution < 1.29 is 14.3 Å². The Bertz CT molecular complexity index is 783. The zero-order valence-corrected chi connectivity index (χ0v) is 15.2. The number of methoxy groups -OCH3 is 2. The van der Waals surface area contributed by atoms with Gasteiger partial charge in [0.25, 0.3) is 0 Å². The maximum atomic E-state index is 10.8. The smallest absolute Gasteiger partial charge is 0.247 e. The molecule has 1 fully saturated rings. The van der Waals surface area contributed by atoms with E-state index in [4.69, 9.17) is 21.1 Å². The van der Waals surface area contributed by atoms with E-state index in [0.29, 0.717) is 60.2 Å². The van der Waals surface area contributed by atoms with Gasteiger partial charge < -0.3 is 24.6 Å². The Morgan fingerprint density at radius 3 is 2.54 bits per heavy atom. The molecule has 0 spiro atoms. The zero-order valence-electron chi connectivity index (χ0n) is 14.5. The van der Waals surface area contributed by atoms with Crippen LogP contribution in [0.25, 0.3) is 0 Å². The predicted octanol–water partition coefficient (Wildman–Crippen LogP) is 1.56. The summed E-state index contributed by atoms with van der Waals surface area (Å²) in [4.78, 5) is 19.0. The summed E-state index contributed by atoms with van der Waals surface area (Å²) < 4.78 is 10.6. The van der Waals surface area contributed by atoms with Crippen LogP contribution in [0, 0.1) is 0 Å². The minimum Gasteiger partial charge on any atom is -0.495 e. The van der Waals surface area contributed by atoms with Crippen LogP contribution < -0.4 is 19.7 Å². The second-order valence-corrected chi connectivity index (χ2v) is 5.99. The highest BCUT2D eigenvalue weighted by Gasteiger charge is 2.19. The Labute approximate surface area is 155 Å². The highest BCUT2D eigenvalue weighted by atomic mass is 35.5. The molecule has 1 aromatic carbocycles. The van der Waals surface area contributed by atoms with Crippen molar-refractivity contribution in [3.05, 3.63) is 23.4 Å². The normalized spacial score (nSPS) is 14.1. The van der Waals surface area contributed by atoms with E-state index in [2.05, 4.69) is 20.5 Å². The molecule has 2 heterocycles. The number of nitrogens with one attached hydrogen (secondary N) is 1. The number of aromatic nitrogens is 3. The van der Waals surface area contributed by atoms with Crippen LogP contribution in [0.3, 0.4) is 0 Å². The second kappa shape index (κ2) is 8.05. The number of carbonyl (C=O) groups excluding carboxylic acids is 1. The van der Waals surface area contributed by atoms with Crippen molar-refractivity contribution in [3.8, 4) is 11.5 Å². The average molecular weight is 379 g/mol. The first-order valence-electron chi connectivity index (χ1n) is 7.97. The van der Waals surface area contributed by atoms with E-state index in [1.165, 1.54) is 6.20 Å². The van der Waals surface area contributed by atoms with Gasteiger partial charge in [0.15, 0.2) is 5.82 Å². The minimum absolute atomic E-state index is 0.449. The van der Waals surface area contributed by atoms with Gasteiger partial charge in [0.2, 0.25) is 12.4 Å². The van der Waals surface area contributed by atoms with Crippen LogP contribution in [0.15, 0.2) is 18.3 Å². The molecular formula is C16H19ClN6O3. The number of amides is 1. The summed E-state index contributed by atoms with van der Waals surface area (Å²) in [6, 6.07) is 3.39. The van der Waals surface area contributed by atoms with Crippen molar-refractivity contribution in [2.45, 2.75) is 0 Å². The van der Waals surface area contributed by atoms with Gasteiger partial charge >= 0.3 is 0 Å². The van der Waals surface area contributed by atoms with Gasteiger partial charge in [-0.2, -0.15) is 10.1 Å². The third-order valence-corrected chi connectivity index (χ3v) is 4.33. The maximum Gasteiger partial charge on any atom is 0.247 e. The molecule has 3 rings (SSSR count). The summed E-state index contributed by atoms with van der Waals surface area (Å²) in [7, 11) is 3.10. The SMILES string of the molecule is COc1cc(Nc2cnnc(N3CCN(C=O)CC3)n2)c(OC)cc1Cl. The van der Waals surface area contributed by atoms with Gasteiger partial charge in [-0.25, -0.2) is 0 Å². The van der Waals surface area contributed by atoms with Crippen LogP contribution in [0.1, 0.15) is 0 Å². The van der Waals surface area contributed by atoms with Gasteiger partial charge in [-0.15, -0.1) is 5.10 Å². The number of rotatable bonds is 6. The number of halogens is 1. The van der Waals surface area contributed by atoms with Gasteiger partial charge in [0.05, 0.1) is 31.1 Å². The molecule has 10 heteroatoms. The van der Waals surface area contributed by atoms with Crippen LogP contribution in [0.5, 0.6) is 11.5 Å². The van der Waals surface area contributed by atoms with Crippen LogP contribution in [-0.2, 0) is 4.79 Å². The number of nitrogens with zero attached hydrogens (tertiary/aromatic N) is 5. The molecule has 1 aliphatic rings. The third kappa shape index (κ3) is 3.88. The quantitative estimate of drug-likeness (QED) is 0.757. The van der Waals surface area contributed by atoms with Crippen molar-refractivity contribution in [2.24, 2.45) is 0 Å².